The van der Waals surface area contributed by atoms with Crippen LogP contribution in [0.4, 0.5) is 11.6 Å². The topological polar surface area (TPSA) is 127 Å². The molecule has 0 aliphatic carbocycles. The van der Waals surface area contributed by atoms with Gasteiger partial charge in [-0.1, -0.05) is 19.1 Å². The molecule has 9 nitrogen and oxygen atoms in total. The zero-order valence-electron chi connectivity index (χ0n) is 20.0. The molecule has 1 saturated heterocycles. The molecule has 34 heavy (non-hydrogen) atoms. The van der Waals surface area contributed by atoms with Crippen molar-refractivity contribution in [1.82, 2.24) is 20.1 Å². The van der Waals surface area contributed by atoms with Crippen LogP contribution in [0, 0.1) is 25.2 Å². The lowest BCUT2D eigenvalue weighted by Gasteiger charge is -2.41. The summed E-state index contributed by atoms with van der Waals surface area (Å²) in [5.74, 6) is 1.48. The van der Waals surface area contributed by atoms with Gasteiger partial charge in [0.05, 0.1) is 23.9 Å². The van der Waals surface area contributed by atoms with Crippen molar-refractivity contribution in [2.75, 3.05) is 43.0 Å². The molecule has 0 amide bonds. The molecular weight excluding hydrogens is 428 g/mol. The van der Waals surface area contributed by atoms with Crippen LogP contribution in [-0.4, -0.2) is 64.0 Å². The number of piperazine rings is 1. The number of aliphatic hydroxyl groups is 1. The Balaban J connectivity index is 1.65. The standard InChI is InChI=1S/C25H32N8O/c1-4-19-15-33(9-8-32(19)10-11-34)23-12-21-22(14-28-23)17(3)30-31-25(21)29-24(27)20-7-5-6-18(13-26)16(20)2/h5-7,12,14,19,24,34H,4,8-11,15,27H2,1-3H3,(H,29,31)/t19-,24+/m1/s1. The lowest BCUT2D eigenvalue weighted by Crippen LogP contribution is -2.53. The van der Waals surface area contributed by atoms with Crippen molar-refractivity contribution in [2.24, 2.45) is 5.73 Å². The number of nitrogens with two attached hydrogens (primary N) is 1. The number of rotatable bonds is 7. The predicted octanol–water partition coefficient (Wildman–Crippen LogP) is 2.48. The van der Waals surface area contributed by atoms with E-state index in [0.717, 1.165) is 59.5 Å². The third-order valence-electron chi connectivity index (χ3n) is 6.74. The van der Waals surface area contributed by atoms with Gasteiger partial charge in [0, 0.05) is 49.2 Å². The number of benzene rings is 1. The van der Waals surface area contributed by atoms with Crippen LogP contribution >= 0.6 is 0 Å². The van der Waals surface area contributed by atoms with Crippen LogP contribution in [0.3, 0.4) is 0 Å². The van der Waals surface area contributed by atoms with E-state index < -0.39 is 6.17 Å². The highest BCUT2D eigenvalue weighted by atomic mass is 16.3. The van der Waals surface area contributed by atoms with E-state index in [0.29, 0.717) is 24.0 Å². The van der Waals surface area contributed by atoms with E-state index >= 15 is 0 Å². The number of pyridine rings is 1. The fraction of sp³-hybridized carbons (Fsp3) is 0.440. The van der Waals surface area contributed by atoms with Gasteiger partial charge < -0.3 is 21.1 Å². The number of β-amino-alcohol motifs (C(OH)–C–C–N with tert-alkyl or cyclic N) is 1. The van der Waals surface area contributed by atoms with Gasteiger partial charge >= 0.3 is 0 Å². The summed E-state index contributed by atoms with van der Waals surface area (Å²) in [6.07, 6.45) is 2.32. The van der Waals surface area contributed by atoms with Crippen molar-refractivity contribution < 1.29 is 5.11 Å². The van der Waals surface area contributed by atoms with E-state index in [1.165, 1.54) is 0 Å². The molecule has 4 N–H and O–H groups in total. The molecule has 3 heterocycles. The van der Waals surface area contributed by atoms with Gasteiger partial charge in [0.15, 0.2) is 5.82 Å². The number of fused-ring (bicyclic) bond motifs is 1. The van der Waals surface area contributed by atoms with Crippen molar-refractivity contribution in [3.63, 3.8) is 0 Å². The van der Waals surface area contributed by atoms with Crippen LogP contribution < -0.4 is 16.0 Å². The van der Waals surface area contributed by atoms with E-state index in [-0.39, 0.29) is 6.61 Å². The third kappa shape index (κ3) is 4.66. The van der Waals surface area contributed by atoms with Crippen LogP contribution in [0.2, 0.25) is 0 Å². The minimum atomic E-state index is -0.545. The van der Waals surface area contributed by atoms with E-state index in [1.807, 2.05) is 32.2 Å². The Morgan fingerprint density at radius 3 is 2.82 bits per heavy atom. The summed E-state index contributed by atoms with van der Waals surface area (Å²) < 4.78 is 0. The zero-order chi connectivity index (χ0) is 24.2. The van der Waals surface area contributed by atoms with Crippen LogP contribution in [-0.2, 0) is 0 Å². The summed E-state index contributed by atoms with van der Waals surface area (Å²) in [4.78, 5) is 9.38. The molecule has 2 aromatic heterocycles. The third-order valence-corrected chi connectivity index (χ3v) is 6.74. The van der Waals surface area contributed by atoms with Gasteiger partial charge in [-0.25, -0.2) is 4.98 Å². The molecule has 9 heteroatoms. The first-order valence-electron chi connectivity index (χ1n) is 11.7. The molecule has 0 spiro atoms. The average Bonchev–Trinajstić information content (AvgIpc) is 2.86. The maximum Gasteiger partial charge on any atom is 0.158 e. The highest BCUT2D eigenvalue weighted by molar-refractivity contribution is 5.94. The molecule has 3 aromatic rings. The molecule has 1 aliphatic rings. The number of anilines is 2. The number of nitrogens with one attached hydrogen (secondary N) is 1. The Morgan fingerprint density at radius 1 is 1.26 bits per heavy atom. The molecule has 2 atom stereocenters. The molecule has 1 fully saturated rings. The molecule has 1 aromatic carbocycles. The lowest BCUT2D eigenvalue weighted by molar-refractivity contribution is 0.134. The number of nitriles is 1. The second-order valence-corrected chi connectivity index (χ2v) is 8.74. The van der Waals surface area contributed by atoms with E-state index in [4.69, 9.17) is 10.7 Å². The molecule has 1 aliphatic heterocycles. The van der Waals surface area contributed by atoms with Crippen molar-refractivity contribution in [3.05, 3.63) is 52.8 Å². The number of hydrogen-bond acceptors (Lipinski definition) is 9. The Hall–Kier alpha value is -3.32. The molecular formula is C25H32N8O. The highest BCUT2D eigenvalue weighted by Crippen LogP contribution is 2.29. The SMILES string of the molecule is CC[C@@H]1CN(c2cc3c(N[C@H](N)c4cccc(C#N)c4C)nnc(C)c3cn2)CCN1CCO. The first-order valence-corrected chi connectivity index (χ1v) is 11.7. The van der Waals surface area contributed by atoms with E-state index in [2.05, 4.69) is 44.4 Å². The maximum absolute atomic E-state index is 9.38. The summed E-state index contributed by atoms with van der Waals surface area (Å²) in [6, 6.07) is 10.2. The quantitative estimate of drug-likeness (QED) is 0.456. The smallest absolute Gasteiger partial charge is 0.158 e. The monoisotopic (exact) mass is 460 g/mol. The number of aryl methyl sites for hydroxylation is 1. The Bertz CT molecular complexity index is 1210. The number of hydrogen-bond donors (Lipinski definition) is 3. The Kier molecular flexibility index (Phi) is 7.22. The number of aliphatic hydroxyl groups excluding tert-OH is 1. The number of aromatic nitrogens is 3. The summed E-state index contributed by atoms with van der Waals surface area (Å²) in [5.41, 5.74) is 9.60. The Labute approximate surface area is 200 Å². The van der Waals surface area contributed by atoms with Crippen LogP contribution in [0.1, 0.15) is 41.9 Å². The molecule has 0 saturated carbocycles. The lowest BCUT2D eigenvalue weighted by atomic mass is 10.0. The van der Waals surface area contributed by atoms with Gasteiger partial charge in [-0.15, -0.1) is 5.10 Å². The molecule has 0 radical (unpaired) electrons. The first-order chi connectivity index (χ1) is 16.5. The van der Waals surface area contributed by atoms with Crippen molar-refractivity contribution >= 4 is 22.4 Å². The van der Waals surface area contributed by atoms with Crippen LogP contribution in [0.15, 0.2) is 30.5 Å². The fourth-order valence-corrected chi connectivity index (χ4v) is 4.69. The first kappa shape index (κ1) is 23.8. The fourth-order valence-electron chi connectivity index (χ4n) is 4.69. The van der Waals surface area contributed by atoms with Crippen LogP contribution in [0.25, 0.3) is 10.8 Å². The average molecular weight is 461 g/mol. The second kappa shape index (κ2) is 10.3. The molecule has 0 bridgehead atoms. The van der Waals surface area contributed by atoms with E-state index in [9.17, 15) is 10.4 Å². The predicted molar refractivity (Wildman–Crippen MR) is 133 cm³/mol. The van der Waals surface area contributed by atoms with Crippen molar-refractivity contribution in [1.29, 1.82) is 5.26 Å². The molecule has 0 unspecified atom stereocenters. The largest absolute Gasteiger partial charge is 0.395 e. The maximum atomic E-state index is 9.38. The van der Waals surface area contributed by atoms with Gasteiger partial charge in [0.25, 0.3) is 0 Å². The summed E-state index contributed by atoms with van der Waals surface area (Å²) in [5, 5.41) is 32.6. The second-order valence-electron chi connectivity index (χ2n) is 8.74. The van der Waals surface area contributed by atoms with Crippen molar-refractivity contribution in [3.8, 4) is 6.07 Å². The molecule has 4 rings (SSSR count). The Morgan fingerprint density at radius 2 is 2.09 bits per heavy atom. The van der Waals surface area contributed by atoms with Crippen LogP contribution in [0.5, 0.6) is 0 Å². The van der Waals surface area contributed by atoms with Gasteiger partial charge in [0.2, 0.25) is 0 Å². The summed E-state index contributed by atoms with van der Waals surface area (Å²) in [7, 11) is 0. The van der Waals surface area contributed by atoms with Gasteiger partial charge in [0.1, 0.15) is 12.0 Å². The minimum absolute atomic E-state index is 0.175. The highest BCUT2D eigenvalue weighted by Gasteiger charge is 2.26. The van der Waals surface area contributed by atoms with Gasteiger partial charge in [-0.2, -0.15) is 10.4 Å². The number of nitrogens with zero attached hydrogens (tertiary/aromatic N) is 6. The van der Waals surface area contributed by atoms with E-state index in [1.54, 1.807) is 6.07 Å². The van der Waals surface area contributed by atoms with Gasteiger partial charge in [-0.3, -0.25) is 4.90 Å². The summed E-state index contributed by atoms with van der Waals surface area (Å²) >= 11 is 0. The van der Waals surface area contributed by atoms with Gasteiger partial charge in [-0.05, 0) is 43.5 Å². The zero-order valence-corrected chi connectivity index (χ0v) is 20.0. The van der Waals surface area contributed by atoms with Crippen molar-refractivity contribution in [2.45, 2.75) is 39.4 Å². The molecule has 178 valence electrons. The normalized spacial score (nSPS) is 17.5. The minimum Gasteiger partial charge on any atom is -0.395 e. The summed E-state index contributed by atoms with van der Waals surface area (Å²) in [6.45, 7) is 9.46.